The minimum absolute atomic E-state index is 0.0258. The highest BCUT2D eigenvalue weighted by molar-refractivity contribution is 5.78. The molecule has 1 heterocycles. The van der Waals surface area contributed by atoms with Crippen LogP contribution in [0.15, 0.2) is 54.6 Å². The summed E-state index contributed by atoms with van der Waals surface area (Å²) in [6.45, 7) is 4.72. The van der Waals surface area contributed by atoms with Crippen molar-refractivity contribution in [1.82, 2.24) is 10.2 Å². The number of amides is 1. The SMILES string of the molecule is COc1ccccc1C(C)NC(=O)CN1C[C@@H](CN)[C@H](c2ccccc2)C1. The minimum atomic E-state index is -0.105. The molecule has 3 N–H and O–H groups in total. The van der Waals surface area contributed by atoms with E-state index in [-0.39, 0.29) is 11.9 Å². The maximum Gasteiger partial charge on any atom is 0.234 e. The Hall–Kier alpha value is -2.37. The normalized spacial score (nSPS) is 21.0. The summed E-state index contributed by atoms with van der Waals surface area (Å²) in [7, 11) is 1.65. The molecule has 1 saturated heterocycles. The van der Waals surface area contributed by atoms with Gasteiger partial charge < -0.3 is 15.8 Å². The molecule has 5 nitrogen and oxygen atoms in total. The number of nitrogens with one attached hydrogen (secondary N) is 1. The Bertz CT molecular complexity index is 750. The average molecular weight is 367 g/mol. The molecule has 0 aromatic heterocycles. The third kappa shape index (κ3) is 4.67. The van der Waals surface area contributed by atoms with E-state index in [1.165, 1.54) is 5.56 Å². The van der Waals surface area contributed by atoms with Gasteiger partial charge in [-0.1, -0.05) is 48.5 Å². The standard InChI is InChI=1S/C22H29N3O2/c1-16(19-10-6-7-11-21(19)27-2)24-22(26)15-25-13-18(12-23)20(14-25)17-8-4-3-5-9-17/h3-11,16,18,20H,12-15,23H2,1-2H3,(H,24,26)/t16?,18-,20+/m1/s1. The first-order chi connectivity index (χ1) is 13.1. The van der Waals surface area contributed by atoms with Crippen LogP contribution in [-0.2, 0) is 4.79 Å². The number of methoxy groups -OCH3 is 1. The van der Waals surface area contributed by atoms with Crippen LogP contribution in [0.1, 0.15) is 30.0 Å². The zero-order chi connectivity index (χ0) is 19.2. The number of benzene rings is 2. The Balaban J connectivity index is 1.59. The lowest BCUT2D eigenvalue weighted by Gasteiger charge is -2.20. The summed E-state index contributed by atoms with van der Waals surface area (Å²) >= 11 is 0. The van der Waals surface area contributed by atoms with Gasteiger partial charge in [-0.2, -0.15) is 0 Å². The van der Waals surface area contributed by atoms with Crippen molar-refractivity contribution in [3.63, 3.8) is 0 Å². The van der Waals surface area contributed by atoms with Gasteiger partial charge in [-0.15, -0.1) is 0 Å². The Morgan fingerprint density at radius 1 is 1.19 bits per heavy atom. The fraction of sp³-hybridized carbons (Fsp3) is 0.409. The maximum atomic E-state index is 12.6. The number of ether oxygens (including phenoxy) is 1. The van der Waals surface area contributed by atoms with Crippen LogP contribution in [0.5, 0.6) is 5.75 Å². The predicted octanol–water partition coefficient (Wildman–Crippen LogP) is 2.55. The van der Waals surface area contributed by atoms with Gasteiger partial charge in [0, 0.05) is 24.6 Å². The second kappa shape index (κ2) is 9.02. The van der Waals surface area contributed by atoms with Crippen molar-refractivity contribution in [2.75, 3.05) is 33.3 Å². The summed E-state index contributed by atoms with van der Waals surface area (Å²) in [5, 5.41) is 3.09. The van der Waals surface area contributed by atoms with Crippen molar-refractivity contribution < 1.29 is 9.53 Å². The van der Waals surface area contributed by atoms with Crippen LogP contribution in [0.3, 0.4) is 0 Å². The third-order valence-electron chi connectivity index (χ3n) is 5.40. The van der Waals surface area contributed by atoms with Crippen molar-refractivity contribution in [2.24, 2.45) is 11.7 Å². The number of likely N-dealkylation sites (tertiary alicyclic amines) is 1. The largest absolute Gasteiger partial charge is 0.496 e. The summed E-state index contributed by atoms with van der Waals surface area (Å²) in [4.78, 5) is 14.8. The van der Waals surface area contributed by atoms with Crippen molar-refractivity contribution in [2.45, 2.75) is 18.9 Å². The fourth-order valence-corrected chi connectivity index (χ4v) is 4.00. The predicted molar refractivity (Wildman–Crippen MR) is 108 cm³/mol. The number of carbonyl (C=O) groups excluding carboxylic acids is 1. The van der Waals surface area contributed by atoms with E-state index < -0.39 is 0 Å². The molecule has 2 aromatic carbocycles. The smallest absolute Gasteiger partial charge is 0.234 e. The van der Waals surface area contributed by atoms with E-state index in [2.05, 4.69) is 34.5 Å². The van der Waals surface area contributed by atoms with Gasteiger partial charge in [0.1, 0.15) is 5.75 Å². The zero-order valence-electron chi connectivity index (χ0n) is 16.1. The van der Waals surface area contributed by atoms with Gasteiger partial charge >= 0.3 is 0 Å². The van der Waals surface area contributed by atoms with Gasteiger partial charge in [-0.3, -0.25) is 9.69 Å². The van der Waals surface area contributed by atoms with E-state index in [9.17, 15) is 4.79 Å². The summed E-state index contributed by atoms with van der Waals surface area (Å²) in [6, 6.07) is 18.1. The molecule has 1 unspecified atom stereocenters. The van der Waals surface area contributed by atoms with Gasteiger partial charge in [0.25, 0.3) is 0 Å². The highest BCUT2D eigenvalue weighted by Crippen LogP contribution is 2.32. The number of hydrogen-bond acceptors (Lipinski definition) is 4. The number of carbonyl (C=O) groups is 1. The van der Waals surface area contributed by atoms with Crippen LogP contribution < -0.4 is 15.8 Å². The Kier molecular flexibility index (Phi) is 6.48. The van der Waals surface area contributed by atoms with Crippen LogP contribution in [0.25, 0.3) is 0 Å². The van der Waals surface area contributed by atoms with Crippen molar-refractivity contribution in [3.05, 3.63) is 65.7 Å². The van der Waals surface area contributed by atoms with Crippen LogP contribution in [-0.4, -0.2) is 44.1 Å². The molecule has 5 heteroatoms. The zero-order valence-corrected chi connectivity index (χ0v) is 16.1. The van der Waals surface area contributed by atoms with Gasteiger partial charge in [-0.05, 0) is 31.0 Å². The molecule has 1 fully saturated rings. The lowest BCUT2D eigenvalue weighted by molar-refractivity contribution is -0.122. The first-order valence-electron chi connectivity index (χ1n) is 9.52. The molecule has 144 valence electrons. The summed E-state index contributed by atoms with van der Waals surface area (Å²) in [5.74, 6) is 1.58. The lowest BCUT2D eigenvalue weighted by atomic mass is 9.89. The van der Waals surface area contributed by atoms with Crippen LogP contribution in [0.2, 0.25) is 0 Å². The minimum Gasteiger partial charge on any atom is -0.496 e. The van der Waals surface area contributed by atoms with Gasteiger partial charge in [0.05, 0.1) is 19.7 Å². The molecule has 0 aliphatic carbocycles. The molecule has 0 bridgehead atoms. The summed E-state index contributed by atoms with van der Waals surface area (Å²) in [6.07, 6.45) is 0. The van der Waals surface area contributed by atoms with Gasteiger partial charge in [0.2, 0.25) is 5.91 Å². The van der Waals surface area contributed by atoms with Crippen LogP contribution >= 0.6 is 0 Å². The van der Waals surface area contributed by atoms with Crippen molar-refractivity contribution in [1.29, 1.82) is 0 Å². The molecule has 3 rings (SSSR count). The molecule has 2 aromatic rings. The van der Waals surface area contributed by atoms with E-state index in [0.717, 1.165) is 24.4 Å². The highest BCUT2D eigenvalue weighted by atomic mass is 16.5. The molecule has 1 aliphatic rings. The molecule has 0 saturated carbocycles. The molecule has 0 radical (unpaired) electrons. The molecule has 1 amide bonds. The third-order valence-corrected chi connectivity index (χ3v) is 5.40. The van der Waals surface area contributed by atoms with Crippen LogP contribution in [0.4, 0.5) is 0 Å². The van der Waals surface area contributed by atoms with E-state index in [1.54, 1.807) is 7.11 Å². The molecule has 1 aliphatic heterocycles. The Labute approximate surface area is 161 Å². The molecular formula is C22H29N3O2. The first kappa shape index (κ1) is 19.4. The second-order valence-corrected chi connectivity index (χ2v) is 7.24. The summed E-state index contributed by atoms with van der Waals surface area (Å²) in [5.41, 5.74) is 8.29. The highest BCUT2D eigenvalue weighted by Gasteiger charge is 2.33. The monoisotopic (exact) mass is 367 g/mol. The number of rotatable bonds is 7. The van der Waals surface area contributed by atoms with E-state index in [0.29, 0.717) is 24.9 Å². The Morgan fingerprint density at radius 2 is 1.89 bits per heavy atom. The lowest BCUT2D eigenvalue weighted by Crippen LogP contribution is -2.37. The number of hydrogen-bond donors (Lipinski definition) is 2. The number of para-hydroxylation sites is 1. The van der Waals surface area contributed by atoms with Gasteiger partial charge in [-0.25, -0.2) is 0 Å². The number of nitrogens with two attached hydrogens (primary N) is 1. The molecule has 27 heavy (non-hydrogen) atoms. The maximum absolute atomic E-state index is 12.6. The quantitative estimate of drug-likeness (QED) is 0.789. The summed E-state index contributed by atoms with van der Waals surface area (Å²) < 4.78 is 5.40. The van der Waals surface area contributed by atoms with Gasteiger partial charge in [0.15, 0.2) is 0 Å². The van der Waals surface area contributed by atoms with E-state index >= 15 is 0 Å². The molecule has 3 atom stereocenters. The van der Waals surface area contributed by atoms with Crippen LogP contribution in [0, 0.1) is 5.92 Å². The fourth-order valence-electron chi connectivity index (χ4n) is 4.00. The average Bonchev–Trinajstić information content (AvgIpc) is 3.11. The van der Waals surface area contributed by atoms with Crippen molar-refractivity contribution in [3.8, 4) is 5.75 Å². The first-order valence-corrected chi connectivity index (χ1v) is 9.52. The second-order valence-electron chi connectivity index (χ2n) is 7.24. The molecular weight excluding hydrogens is 338 g/mol. The Morgan fingerprint density at radius 3 is 2.59 bits per heavy atom. The molecule has 0 spiro atoms. The topological polar surface area (TPSA) is 67.6 Å². The van der Waals surface area contributed by atoms with E-state index in [1.807, 2.05) is 37.3 Å². The number of nitrogens with zero attached hydrogens (tertiary/aromatic N) is 1. The van der Waals surface area contributed by atoms with Crippen molar-refractivity contribution >= 4 is 5.91 Å². The van der Waals surface area contributed by atoms with E-state index in [4.69, 9.17) is 10.5 Å².